The lowest BCUT2D eigenvalue weighted by molar-refractivity contribution is -0.223. The normalized spacial score (nSPS) is 17.3. The van der Waals surface area contributed by atoms with Gasteiger partial charge in [-0.25, -0.2) is 22.1 Å². The van der Waals surface area contributed by atoms with E-state index in [1.54, 1.807) is 40.9 Å². The van der Waals surface area contributed by atoms with Crippen LogP contribution in [0.4, 0.5) is 4.79 Å². The van der Waals surface area contributed by atoms with Crippen LogP contribution in [-0.2, 0) is 35.3 Å². The van der Waals surface area contributed by atoms with E-state index in [2.05, 4.69) is 91.8 Å². The van der Waals surface area contributed by atoms with Gasteiger partial charge in [0.05, 0.1) is 31.5 Å². The molecule has 0 unspecified atom stereocenters. The van der Waals surface area contributed by atoms with Crippen molar-refractivity contribution in [3.05, 3.63) is 43.6 Å². The Hall–Kier alpha value is -4.98. The molecule has 9 rings (SSSR count). The fourth-order valence-corrected chi connectivity index (χ4v) is 18.5. The Balaban J connectivity index is -0.000000232. The molecular formula is C88H183B6Cl6N19O20. The SMILES string of the molecule is C.C.C.C.C.CB(O)NCC1(CC(=O)O)CCCCC1.CB(O)NCC1(CC(N)=NO)CCCCC1.CB(O)NCC1(CC(N)=O)CCCCC1.CB(O)NCC1(CC(N=COOCC(C)C)=NO)CCCCC1.CB(O)NCC1(Cc2noc(=O)[nH]2)CCCCC1.CC(C)COC(=O)Cl.Cl.Cl.Clc1nc(Cl)nc(Cl)n1.NCC1(CC(=O)O)CCCCC1.NO.[C-]#[N+]CC1(CNB(C)O)CCCCC1. The van der Waals surface area contributed by atoms with Crippen LogP contribution in [0.1, 0.15) is 327 Å². The van der Waals surface area contributed by atoms with E-state index in [1.165, 1.54) is 83.5 Å². The Morgan fingerprint density at radius 1 is 0.482 bits per heavy atom. The summed E-state index contributed by atoms with van der Waals surface area (Å²) in [5.41, 5.74) is 15.8. The first-order chi connectivity index (χ1) is 62.4. The number of nitrogens with one attached hydrogen (secondary N) is 7. The van der Waals surface area contributed by atoms with Gasteiger partial charge in [0.1, 0.15) is 5.84 Å². The zero-order valence-electron chi connectivity index (χ0n) is 81.1. The number of carbonyl (C=O) groups excluding carboxylic acids is 2. The number of hydrogen-bond donors (Lipinski definition) is 22. The fraction of sp³-hybridized carbons (Fsp3) is 0.852. The van der Waals surface area contributed by atoms with Crippen molar-refractivity contribution in [2.24, 2.45) is 88.1 Å². The molecule has 39 nitrogen and oxygen atoms in total. The van der Waals surface area contributed by atoms with Gasteiger partial charge in [-0.05, 0) is 256 Å². The van der Waals surface area contributed by atoms with Gasteiger partial charge >= 0.3 is 65.4 Å². The van der Waals surface area contributed by atoms with Gasteiger partial charge in [0.2, 0.25) is 34.7 Å². The highest BCUT2D eigenvalue weighted by Gasteiger charge is 2.41. The molecule has 0 aromatic carbocycles. The van der Waals surface area contributed by atoms with E-state index in [0.29, 0.717) is 95.1 Å². The average Bonchev–Trinajstić information content (AvgIpc) is 1.79. The Kier molecular flexibility index (Phi) is 91.5. The zero-order valence-corrected chi connectivity index (χ0v) is 85.7. The Morgan fingerprint density at radius 2 is 0.770 bits per heavy atom. The van der Waals surface area contributed by atoms with E-state index in [4.69, 9.17) is 101 Å². The number of carboxylic acids is 2. The van der Waals surface area contributed by atoms with Gasteiger partial charge in [0, 0.05) is 37.3 Å². The number of aromatic nitrogens is 5. The van der Waals surface area contributed by atoms with Gasteiger partial charge in [-0.3, -0.25) is 23.9 Å². The standard InChI is InChI=1S/C15H30BN3O4.C11H20BN3O3.C10H22BN3O2.C10H21BN2O2.C10H19BN2O.C10H20BNO3.C9H17NO2.C5H9ClO2.C3Cl3N3.5CH4.2ClH.H3NO/c1-13(2)10-22-23-12-17-14(19-21)9-15(11-18-16(3)20)7-5-4-6-8-15;1-12(17)13-8-11(5-3-2-4-6-11)7-9-14-10(16)18-15-9;1-11(15)13-8-10(7-9(12)14-16)5-3-2-4-6-10;1-11(15)13-8-10(7-9(12)14)5-3-2-4-6-10;1-11(14)13-9-10(8-12-2)6-4-3-5-7-10;1-11(15)12-8-10(7-9(13)14)5-3-2-4-6-10;10-7-9(6-8(11)12)4-2-1-3-5-9;1-4(2)3-8-5(6)7;4-1-7-2(5)9-3(6)8-1;;;;;;;;1-2/h12-13,18,20-21H,4-11H2,1-3H3;13,17H,2-8H2,1H3,(H,14,15,16);13,15-16H,2-8H2,1H3,(H2,12,14);13,15H,2-8H2,1H3,(H2,12,14);13-14H,3-9H2,1H3;12,15H,2-8H2,1H3,(H,13,14);1-7,10H2,(H,11,12);4H,3H2,1-2H3;;5*1H4;2*1H;2H,1H2. The van der Waals surface area contributed by atoms with Crippen LogP contribution in [0.15, 0.2) is 24.6 Å². The summed E-state index contributed by atoms with van der Waals surface area (Å²) >= 11 is 20.8. The van der Waals surface area contributed by atoms with E-state index in [-0.39, 0.29) is 140 Å². The van der Waals surface area contributed by atoms with Crippen LogP contribution >= 0.6 is 71.2 Å². The third kappa shape index (κ3) is 73.7. The zero-order chi connectivity index (χ0) is 99.7. The third-order valence-electron chi connectivity index (χ3n) is 24.6. The lowest BCUT2D eigenvalue weighted by Gasteiger charge is -2.37. The summed E-state index contributed by atoms with van der Waals surface area (Å²) < 4.78 is 8.98. The first-order valence-corrected chi connectivity index (χ1v) is 48.5. The Morgan fingerprint density at radius 3 is 1.04 bits per heavy atom. The highest BCUT2D eigenvalue weighted by molar-refractivity contribution is 6.61. The van der Waals surface area contributed by atoms with Crippen LogP contribution in [-0.4, -0.2) is 230 Å². The van der Waals surface area contributed by atoms with E-state index in [9.17, 15) is 59.3 Å². The van der Waals surface area contributed by atoms with Crippen molar-refractivity contribution in [1.82, 2.24) is 56.5 Å². The molecule has 0 bridgehead atoms. The number of aliphatic imine (C=N–C) groups is 1. The van der Waals surface area contributed by atoms with Gasteiger partial charge in [0.25, 0.3) is 0 Å². The molecule has 7 fully saturated rings. The quantitative estimate of drug-likeness (QED) is 0.00342. The maximum absolute atomic E-state index is 11.0. The number of amides is 1. The average molecular weight is 2110 g/mol. The second-order valence-electron chi connectivity index (χ2n) is 37.8. The van der Waals surface area contributed by atoms with Crippen LogP contribution in [0.25, 0.3) is 4.85 Å². The van der Waals surface area contributed by atoms with E-state index >= 15 is 0 Å². The van der Waals surface area contributed by atoms with E-state index in [0.717, 1.165) is 167 Å². The third-order valence-corrected chi connectivity index (χ3v) is 25.3. The summed E-state index contributed by atoms with van der Waals surface area (Å²) in [6.45, 7) is 31.3. The highest BCUT2D eigenvalue weighted by atomic mass is 35.5. The molecule has 0 spiro atoms. The minimum Gasteiger partial charge on any atom is -0.481 e. The summed E-state index contributed by atoms with van der Waals surface area (Å²) in [4.78, 5) is 83.7. The van der Waals surface area contributed by atoms with Crippen molar-refractivity contribution in [2.75, 3.05) is 65.6 Å². The molecule has 0 radical (unpaired) electrons. The number of H-pyrrole nitrogens is 1. The minimum absolute atomic E-state index is 0. The molecule has 0 atom stereocenters. The van der Waals surface area contributed by atoms with Crippen molar-refractivity contribution >= 4 is 155 Å². The lowest BCUT2D eigenvalue weighted by atomic mass is 9.70. The first-order valence-electron chi connectivity index (χ1n) is 47.0. The monoisotopic (exact) mass is 2100 g/mol. The van der Waals surface area contributed by atoms with E-state index < -0.39 is 65.4 Å². The number of amidine groups is 2. The van der Waals surface area contributed by atoms with Gasteiger partial charge in [-0.15, -0.1) is 24.8 Å². The smallest absolute Gasteiger partial charge is 0.438 e. The number of primary amides is 1. The largest absolute Gasteiger partial charge is 0.481 e. The number of carboxylic acid groups (broad SMARTS) is 2. The molecule has 810 valence electrons. The molecule has 26 N–H and O–H groups in total. The molecule has 2 aromatic heterocycles. The number of rotatable bonds is 38. The van der Waals surface area contributed by atoms with Crippen molar-refractivity contribution in [3.63, 3.8) is 0 Å². The number of aliphatic carboxylic acids is 2. The molecule has 0 saturated heterocycles. The molecule has 139 heavy (non-hydrogen) atoms. The molecular weight excluding hydrogens is 1920 g/mol. The van der Waals surface area contributed by atoms with Gasteiger partial charge in [0.15, 0.2) is 11.7 Å². The molecule has 1 amide bonds. The second-order valence-corrected chi connectivity index (χ2v) is 39.2. The summed E-state index contributed by atoms with van der Waals surface area (Å²) in [6.07, 6.45) is 43.5. The van der Waals surface area contributed by atoms with Crippen LogP contribution in [0.2, 0.25) is 56.8 Å². The van der Waals surface area contributed by atoms with Crippen LogP contribution in [0, 0.1) is 56.3 Å². The van der Waals surface area contributed by atoms with Gasteiger partial charge < -0.3 is 119 Å². The fourth-order valence-electron chi connectivity index (χ4n) is 17.8. The summed E-state index contributed by atoms with van der Waals surface area (Å²) in [5.74, 6) is 3.26. The summed E-state index contributed by atoms with van der Waals surface area (Å²) in [6, 6.07) is 0. The van der Waals surface area contributed by atoms with Crippen LogP contribution < -0.4 is 60.2 Å². The van der Waals surface area contributed by atoms with Crippen LogP contribution in [0.3, 0.4) is 0 Å². The number of aromatic amines is 1. The van der Waals surface area contributed by atoms with Gasteiger partial charge in [-0.1, -0.05) is 215 Å². The number of carbonyl (C=O) groups is 4. The van der Waals surface area contributed by atoms with Crippen LogP contribution in [0.5, 0.6) is 0 Å². The predicted molar refractivity (Wildman–Crippen MR) is 573 cm³/mol. The van der Waals surface area contributed by atoms with Crippen molar-refractivity contribution < 1.29 is 94.2 Å². The number of nitrogens with two attached hydrogens (primary N) is 4. The van der Waals surface area contributed by atoms with Gasteiger partial charge in [-0.2, -0.15) is 24.8 Å². The molecule has 2 aromatic rings. The van der Waals surface area contributed by atoms with Crippen molar-refractivity contribution in [3.8, 4) is 0 Å². The second kappa shape index (κ2) is 85.1. The Bertz CT molecular complexity index is 3490. The summed E-state index contributed by atoms with van der Waals surface area (Å²) in [5, 5.41) is 126. The molecule has 51 heteroatoms. The van der Waals surface area contributed by atoms with E-state index in [1.807, 2.05) is 27.7 Å². The molecule has 7 aliphatic rings. The minimum atomic E-state index is -0.732. The number of ether oxygens (including phenoxy) is 1. The maximum Gasteiger partial charge on any atom is 0.438 e. The molecule has 7 saturated carbocycles. The maximum atomic E-state index is 11.0. The predicted octanol–water partition coefficient (Wildman–Crippen LogP) is 15.5. The number of halogens is 6. The highest BCUT2D eigenvalue weighted by Crippen LogP contribution is 2.44. The first kappa shape index (κ1) is 149. The number of nitrogens with zero attached hydrogens (tertiary/aromatic N) is 8. The molecule has 0 aliphatic heterocycles. The Labute approximate surface area is 866 Å². The number of hydrogen-bond acceptors (Lipinski definition) is 32. The van der Waals surface area contributed by atoms with Crippen molar-refractivity contribution in [1.29, 1.82) is 0 Å². The summed E-state index contributed by atoms with van der Waals surface area (Å²) in [7, 11) is -3.11. The topological polar surface area (TPSA) is 634 Å². The van der Waals surface area contributed by atoms with Crippen molar-refractivity contribution in [2.45, 2.75) is 369 Å². The molecule has 2 heterocycles. The number of oxime groups is 2. The lowest BCUT2D eigenvalue weighted by Crippen LogP contribution is -2.44. The molecule has 7 aliphatic carbocycles.